The molecule has 0 bridgehead atoms. The Labute approximate surface area is 107 Å². The van der Waals surface area contributed by atoms with Crippen LogP contribution in [0.3, 0.4) is 0 Å². The number of aromatic nitrogens is 2. The molecule has 0 spiro atoms. The minimum atomic E-state index is -0.0202. The molecule has 0 radical (unpaired) electrons. The molecule has 2 heterocycles. The van der Waals surface area contributed by atoms with Crippen molar-refractivity contribution in [2.45, 2.75) is 26.2 Å². The Morgan fingerprint density at radius 1 is 1.24 bits per heavy atom. The van der Waals surface area contributed by atoms with Gasteiger partial charge < -0.3 is 9.64 Å². The fourth-order valence-electron chi connectivity index (χ4n) is 1.69. The van der Waals surface area contributed by atoms with Gasteiger partial charge in [-0.15, -0.1) is 0 Å². The van der Waals surface area contributed by atoms with E-state index >= 15 is 0 Å². The molecular formula is C12H18ClN3O. The van der Waals surface area contributed by atoms with Gasteiger partial charge in [-0.1, -0.05) is 32.4 Å². The number of hydrogen-bond donors (Lipinski definition) is 0. The van der Waals surface area contributed by atoms with E-state index in [2.05, 4.69) is 35.6 Å². The van der Waals surface area contributed by atoms with E-state index < -0.39 is 0 Å². The standard InChI is InChI=1S/C12H18ClN3O/c1-12(2,3)9-8-10(13)15-11(14-9)16-4-6-17-7-5-16/h8H,4-7H2,1-3H3. The van der Waals surface area contributed by atoms with E-state index in [9.17, 15) is 0 Å². The Morgan fingerprint density at radius 2 is 1.88 bits per heavy atom. The lowest BCUT2D eigenvalue weighted by molar-refractivity contribution is 0.122. The summed E-state index contributed by atoms with van der Waals surface area (Å²) in [7, 11) is 0. The highest BCUT2D eigenvalue weighted by atomic mass is 35.5. The van der Waals surface area contributed by atoms with Crippen molar-refractivity contribution >= 4 is 17.5 Å². The van der Waals surface area contributed by atoms with E-state index in [1.807, 2.05) is 6.07 Å². The largest absolute Gasteiger partial charge is 0.378 e. The third kappa shape index (κ3) is 3.07. The summed E-state index contributed by atoms with van der Waals surface area (Å²) in [5.41, 5.74) is 0.951. The topological polar surface area (TPSA) is 38.2 Å². The first-order valence-electron chi connectivity index (χ1n) is 5.84. The maximum absolute atomic E-state index is 6.07. The predicted octanol–water partition coefficient (Wildman–Crippen LogP) is 2.26. The highest BCUT2D eigenvalue weighted by Gasteiger charge is 2.20. The second-order valence-electron chi connectivity index (χ2n) is 5.23. The summed E-state index contributed by atoms with van der Waals surface area (Å²) < 4.78 is 5.32. The molecule has 0 unspecified atom stereocenters. The Balaban J connectivity index is 2.31. The molecule has 1 aromatic heterocycles. The molecule has 0 aliphatic carbocycles. The van der Waals surface area contributed by atoms with Crippen LogP contribution in [0.4, 0.5) is 5.95 Å². The average Bonchev–Trinajstić information content (AvgIpc) is 2.28. The fraction of sp³-hybridized carbons (Fsp3) is 0.667. The molecule has 5 heteroatoms. The number of anilines is 1. The zero-order valence-corrected chi connectivity index (χ0v) is 11.3. The number of nitrogens with zero attached hydrogens (tertiary/aromatic N) is 3. The monoisotopic (exact) mass is 255 g/mol. The van der Waals surface area contributed by atoms with Crippen LogP contribution in [0.15, 0.2) is 6.07 Å². The van der Waals surface area contributed by atoms with Crippen LogP contribution < -0.4 is 4.90 Å². The summed E-state index contributed by atoms with van der Waals surface area (Å²) >= 11 is 6.07. The Bertz CT molecular complexity index is 397. The zero-order valence-electron chi connectivity index (χ0n) is 10.5. The van der Waals surface area contributed by atoms with Crippen molar-refractivity contribution in [3.8, 4) is 0 Å². The summed E-state index contributed by atoms with van der Waals surface area (Å²) in [6, 6.07) is 1.84. The highest BCUT2D eigenvalue weighted by Crippen LogP contribution is 2.24. The molecule has 17 heavy (non-hydrogen) atoms. The number of halogens is 1. The predicted molar refractivity (Wildman–Crippen MR) is 68.8 cm³/mol. The van der Waals surface area contributed by atoms with Crippen molar-refractivity contribution in [1.29, 1.82) is 0 Å². The normalized spacial score (nSPS) is 17.3. The second-order valence-corrected chi connectivity index (χ2v) is 5.61. The molecule has 0 amide bonds. The van der Waals surface area contributed by atoms with Gasteiger partial charge in [0, 0.05) is 18.5 Å². The fourth-order valence-corrected chi connectivity index (χ4v) is 1.87. The van der Waals surface area contributed by atoms with Crippen LogP contribution in [0.5, 0.6) is 0 Å². The van der Waals surface area contributed by atoms with Gasteiger partial charge in [-0.3, -0.25) is 0 Å². The van der Waals surface area contributed by atoms with Crippen molar-refractivity contribution in [2.75, 3.05) is 31.2 Å². The van der Waals surface area contributed by atoms with Crippen LogP contribution in [0.1, 0.15) is 26.5 Å². The minimum Gasteiger partial charge on any atom is -0.378 e. The number of ether oxygens (including phenoxy) is 1. The van der Waals surface area contributed by atoms with Crippen molar-refractivity contribution in [3.05, 3.63) is 16.9 Å². The lowest BCUT2D eigenvalue weighted by Crippen LogP contribution is -2.37. The van der Waals surface area contributed by atoms with Crippen LogP contribution in [-0.4, -0.2) is 36.3 Å². The van der Waals surface area contributed by atoms with Crippen molar-refractivity contribution in [1.82, 2.24) is 9.97 Å². The van der Waals surface area contributed by atoms with Crippen LogP contribution in [-0.2, 0) is 10.2 Å². The molecule has 2 rings (SSSR count). The zero-order chi connectivity index (χ0) is 12.5. The van der Waals surface area contributed by atoms with Gasteiger partial charge in [-0.05, 0) is 6.07 Å². The van der Waals surface area contributed by atoms with Gasteiger partial charge in [0.1, 0.15) is 5.15 Å². The third-order valence-corrected chi connectivity index (χ3v) is 2.94. The van der Waals surface area contributed by atoms with Gasteiger partial charge in [0.05, 0.1) is 18.9 Å². The van der Waals surface area contributed by atoms with Crippen molar-refractivity contribution in [3.63, 3.8) is 0 Å². The molecule has 0 aromatic carbocycles. The molecule has 1 aliphatic rings. The Hall–Kier alpha value is -0.870. The van der Waals surface area contributed by atoms with E-state index in [-0.39, 0.29) is 5.41 Å². The number of morpholine rings is 1. The molecule has 0 saturated carbocycles. The highest BCUT2D eigenvalue weighted by molar-refractivity contribution is 6.29. The van der Waals surface area contributed by atoms with Gasteiger partial charge in [0.25, 0.3) is 0 Å². The van der Waals surface area contributed by atoms with Crippen molar-refractivity contribution in [2.24, 2.45) is 0 Å². The summed E-state index contributed by atoms with van der Waals surface area (Å²) in [5, 5.41) is 0.506. The summed E-state index contributed by atoms with van der Waals surface area (Å²) in [6.07, 6.45) is 0. The lowest BCUT2D eigenvalue weighted by atomic mass is 9.92. The maximum Gasteiger partial charge on any atom is 0.227 e. The van der Waals surface area contributed by atoms with E-state index in [1.54, 1.807) is 0 Å². The first kappa shape index (κ1) is 12.6. The van der Waals surface area contributed by atoms with Gasteiger partial charge in [-0.2, -0.15) is 0 Å². The molecule has 1 fully saturated rings. The van der Waals surface area contributed by atoms with Crippen LogP contribution in [0, 0.1) is 0 Å². The first-order valence-corrected chi connectivity index (χ1v) is 6.22. The third-order valence-electron chi connectivity index (χ3n) is 2.75. The van der Waals surface area contributed by atoms with Gasteiger partial charge in [0.15, 0.2) is 0 Å². The SMILES string of the molecule is CC(C)(C)c1cc(Cl)nc(N2CCOCC2)n1. The smallest absolute Gasteiger partial charge is 0.227 e. The van der Waals surface area contributed by atoms with Gasteiger partial charge >= 0.3 is 0 Å². The van der Waals surface area contributed by atoms with Crippen molar-refractivity contribution < 1.29 is 4.74 Å². The lowest BCUT2D eigenvalue weighted by Gasteiger charge is -2.28. The minimum absolute atomic E-state index is 0.0202. The van der Waals surface area contributed by atoms with E-state index in [0.717, 1.165) is 32.0 Å². The molecule has 0 N–H and O–H groups in total. The molecule has 1 aromatic rings. The summed E-state index contributed by atoms with van der Waals surface area (Å²) in [5.74, 6) is 0.714. The summed E-state index contributed by atoms with van der Waals surface area (Å²) in [6.45, 7) is 9.45. The van der Waals surface area contributed by atoms with E-state index in [4.69, 9.17) is 16.3 Å². The van der Waals surface area contributed by atoms with Crippen LogP contribution in [0.2, 0.25) is 5.15 Å². The molecule has 94 valence electrons. The van der Waals surface area contributed by atoms with Gasteiger partial charge in [0.2, 0.25) is 5.95 Å². The van der Waals surface area contributed by atoms with E-state index in [1.165, 1.54) is 0 Å². The quantitative estimate of drug-likeness (QED) is 0.722. The molecule has 4 nitrogen and oxygen atoms in total. The summed E-state index contributed by atoms with van der Waals surface area (Å²) in [4.78, 5) is 11.0. The average molecular weight is 256 g/mol. The van der Waals surface area contributed by atoms with Crippen LogP contribution >= 0.6 is 11.6 Å². The number of rotatable bonds is 1. The maximum atomic E-state index is 6.07. The molecule has 0 atom stereocenters. The van der Waals surface area contributed by atoms with E-state index in [0.29, 0.717) is 11.1 Å². The second kappa shape index (κ2) is 4.78. The van der Waals surface area contributed by atoms with Crippen LogP contribution in [0.25, 0.3) is 0 Å². The van der Waals surface area contributed by atoms with Gasteiger partial charge in [-0.25, -0.2) is 9.97 Å². The Kier molecular flexibility index (Phi) is 3.54. The number of hydrogen-bond acceptors (Lipinski definition) is 4. The first-order chi connectivity index (χ1) is 7.97. The molecular weight excluding hydrogens is 238 g/mol. The molecule has 1 aliphatic heterocycles. The Morgan fingerprint density at radius 3 is 2.47 bits per heavy atom. The molecule has 1 saturated heterocycles.